The van der Waals surface area contributed by atoms with Crippen molar-refractivity contribution in [1.82, 2.24) is 15.1 Å². The average Bonchev–Trinajstić information content (AvgIpc) is 2.69. The van der Waals surface area contributed by atoms with Crippen molar-refractivity contribution in [2.75, 3.05) is 25.5 Å². The molecule has 1 heterocycles. The molecule has 0 spiro atoms. The van der Waals surface area contributed by atoms with E-state index in [0.29, 0.717) is 17.8 Å². The van der Waals surface area contributed by atoms with Crippen molar-refractivity contribution in [1.29, 1.82) is 0 Å². The Balaban J connectivity index is 0.00000341. The zero-order valence-electron chi connectivity index (χ0n) is 16.6. The third-order valence-corrected chi connectivity index (χ3v) is 4.12. The SMILES string of the molecule is CNCCOC(=O)Nc1cccc(Cn2nc(-c3cc(F)cc(F)c3)ccc2=O)c1.Cl. The Morgan fingerprint density at radius 1 is 1.10 bits per heavy atom. The first kappa shape index (κ1) is 24.0. The Hall–Kier alpha value is -3.30. The number of nitrogens with one attached hydrogen (secondary N) is 2. The number of amides is 1. The number of anilines is 1. The number of aromatic nitrogens is 2. The Bertz CT molecular complexity index is 1090. The summed E-state index contributed by atoms with van der Waals surface area (Å²) in [5.74, 6) is -1.46. The molecule has 0 radical (unpaired) electrons. The van der Waals surface area contributed by atoms with Gasteiger partial charge in [0.1, 0.15) is 18.2 Å². The highest BCUT2D eigenvalue weighted by atomic mass is 35.5. The molecule has 1 amide bonds. The van der Waals surface area contributed by atoms with E-state index in [1.165, 1.54) is 16.8 Å². The Labute approximate surface area is 183 Å². The number of nitrogens with zero attached hydrogens (tertiary/aromatic N) is 2. The van der Waals surface area contributed by atoms with Gasteiger partial charge in [0.15, 0.2) is 0 Å². The molecule has 2 aromatic carbocycles. The molecule has 0 aliphatic heterocycles. The molecule has 0 saturated carbocycles. The maximum atomic E-state index is 13.5. The number of hydrogen-bond donors (Lipinski definition) is 2. The Kier molecular flexibility index (Phi) is 8.65. The molecule has 7 nitrogen and oxygen atoms in total. The van der Waals surface area contributed by atoms with E-state index in [1.807, 2.05) is 0 Å². The van der Waals surface area contributed by atoms with Crippen LogP contribution in [0.3, 0.4) is 0 Å². The van der Waals surface area contributed by atoms with Gasteiger partial charge in [-0.2, -0.15) is 5.10 Å². The zero-order valence-corrected chi connectivity index (χ0v) is 17.4. The lowest BCUT2D eigenvalue weighted by atomic mass is 10.1. The van der Waals surface area contributed by atoms with E-state index >= 15 is 0 Å². The van der Waals surface area contributed by atoms with Gasteiger partial charge in [-0.15, -0.1) is 12.4 Å². The summed E-state index contributed by atoms with van der Waals surface area (Å²) in [5, 5.41) is 9.69. The summed E-state index contributed by atoms with van der Waals surface area (Å²) in [5.41, 5.74) is 1.30. The number of likely N-dealkylation sites (N-methyl/N-ethyl adjacent to an activating group) is 1. The fourth-order valence-electron chi connectivity index (χ4n) is 2.74. The van der Waals surface area contributed by atoms with Crippen molar-refractivity contribution in [3.8, 4) is 11.3 Å². The van der Waals surface area contributed by atoms with Crippen LogP contribution in [0.5, 0.6) is 0 Å². The van der Waals surface area contributed by atoms with E-state index in [4.69, 9.17) is 4.74 Å². The van der Waals surface area contributed by atoms with Crippen molar-refractivity contribution in [2.45, 2.75) is 6.54 Å². The number of rotatable bonds is 7. The maximum absolute atomic E-state index is 13.5. The maximum Gasteiger partial charge on any atom is 0.411 e. The van der Waals surface area contributed by atoms with Gasteiger partial charge in [-0.25, -0.2) is 18.3 Å². The number of carbonyl (C=O) groups excluding carboxylic acids is 1. The molecule has 10 heteroatoms. The molecule has 0 fully saturated rings. The fourth-order valence-corrected chi connectivity index (χ4v) is 2.74. The molecule has 0 bridgehead atoms. The molecule has 0 aliphatic rings. The predicted octanol–water partition coefficient (Wildman–Crippen LogP) is 3.43. The first-order chi connectivity index (χ1) is 14.4. The van der Waals surface area contributed by atoms with Crippen LogP contribution in [0.2, 0.25) is 0 Å². The third kappa shape index (κ3) is 6.87. The van der Waals surface area contributed by atoms with Crippen molar-refractivity contribution in [3.63, 3.8) is 0 Å². The molecule has 3 rings (SSSR count). The van der Waals surface area contributed by atoms with Crippen LogP contribution < -0.4 is 16.2 Å². The average molecular weight is 451 g/mol. The van der Waals surface area contributed by atoms with Gasteiger partial charge >= 0.3 is 6.09 Å². The number of benzene rings is 2. The van der Waals surface area contributed by atoms with Crippen molar-refractivity contribution < 1.29 is 18.3 Å². The standard InChI is InChI=1S/C21H20F2N4O3.ClH/c1-24-7-8-30-21(29)25-18-4-2-3-14(9-18)13-27-20(28)6-5-19(26-27)15-10-16(22)12-17(23)11-15;/h2-6,9-12,24H,7-8,13H2,1H3,(H,25,29);1H. The minimum atomic E-state index is -0.732. The summed E-state index contributed by atoms with van der Waals surface area (Å²) in [6, 6.07) is 12.6. The van der Waals surface area contributed by atoms with Gasteiger partial charge < -0.3 is 10.1 Å². The van der Waals surface area contributed by atoms with Crippen LogP contribution in [-0.4, -0.2) is 36.1 Å². The third-order valence-electron chi connectivity index (χ3n) is 4.12. The molecule has 1 aromatic heterocycles. The first-order valence-electron chi connectivity index (χ1n) is 9.16. The monoisotopic (exact) mass is 450 g/mol. The minimum absolute atomic E-state index is 0. The zero-order chi connectivity index (χ0) is 21.5. The molecule has 0 saturated heterocycles. The summed E-state index contributed by atoms with van der Waals surface area (Å²) in [7, 11) is 1.75. The highest BCUT2D eigenvalue weighted by Crippen LogP contribution is 2.19. The summed E-state index contributed by atoms with van der Waals surface area (Å²) >= 11 is 0. The highest BCUT2D eigenvalue weighted by Gasteiger charge is 2.09. The van der Waals surface area contributed by atoms with Gasteiger partial charge in [0, 0.05) is 29.9 Å². The largest absolute Gasteiger partial charge is 0.448 e. The van der Waals surface area contributed by atoms with E-state index < -0.39 is 17.7 Å². The first-order valence-corrected chi connectivity index (χ1v) is 9.16. The summed E-state index contributed by atoms with van der Waals surface area (Å²) in [6.45, 7) is 0.872. The molecule has 31 heavy (non-hydrogen) atoms. The lowest BCUT2D eigenvalue weighted by molar-refractivity contribution is 0.163. The lowest BCUT2D eigenvalue weighted by Gasteiger charge is -2.10. The van der Waals surface area contributed by atoms with Gasteiger partial charge in [0.2, 0.25) is 0 Å². The molecule has 0 unspecified atom stereocenters. The number of carbonyl (C=O) groups is 1. The molecular weight excluding hydrogens is 430 g/mol. The summed E-state index contributed by atoms with van der Waals surface area (Å²) < 4.78 is 33.2. The second-order valence-electron chi connectivity index (χ2n) is 6.44. The highest BCUT2D eigenvalue weighted by molar-refractivity contribution is 5.85. The quantitative estimate of drug-likeness (QED) is 0.539. The minimum Gasteiger partial charge on any atom is -0.448 e. The van der Waals surface area contributed by atoms with Gasteiger partial charge in [0.05, 0.1) is 12.2 Å². The molecular formula is C21H21ClF2N4O3. The van der Waals surface area contributed by atoms with E-state index in [-0.39, 0.29) is 42.4 Å². The summed E-state index contributed by atoms with van der Waals surface area (Å²) in [4.78, 5) is 24.0. The van der Waals surface area contributed by atoms with E-state index in [1.54, 1.807) is 31.3 Å². The number of halogens is 3. The van der Waals surface area contributed by atoms with Crippen LogP contribution in [-0.2, 0) is 11.3 Å². The lowest BCUT2D eigenvalue weighted by Crippen LogP contribution is -2.23. The van der Waals surface area contributed by atoms with Gasteiger partial charge in [-0.3, -0.25) is 10.1 Å². The topological polar surface area (TPSA) is 85.2 Å². The molecule has 0 atom stereocenters. The van der Waals surface area contributed by atoms with Crippen LogP contribution in [0.15, 0.2) is 59.4 Å². The van der Waals surface area contributed by atoms with E-state index in [2.05, 4.69) is 15.7 Å². The van der Waals surface area contributed by atoms with Gasteiger partial charge in [-0.05, 0) is 42.9 Å². The van der Waals surface area contributed by atoms with Gasteiger partial charge in [0.25, 0.3) is 5.56 Å². The van der Waals surface area contributed by atoms with Crippen molar-refractivity contribution in [2.24, 2.45) is 0 Å². The Morgan fingerprint density at radius 2 is 1.84 bits per heavy atom. The van der Waals surface area contributed by atoms with Crippen LogP contribution in [0.4, 0.5) is 19.3 Å². The molecule has 0 aliphatic carbocycles. The predicted molar refractivity (Wildman–Crippen MR) is 116 cm³/mol. The number of ether oxygens (including phenoxy) is 1. The van der Waals surface area contributed by atoms with Crippen LogP contribution in [0.1, 0.15) is 5.56 Å². The van der Waals surface area contributed by atoms with E-state index in [0.717, 1.165) is 18.2 Å². The van der Waals surface area contributed by atoms with Crippen LogP contribution >= 0.6 is 12.4 Å². The van der Waals surface area contributed by atoms with Crippen LogP contribution in [0.25, 0.3) is 11.3 Å². The molecule has 2 N–H and O–H groups in total. The Morgan fingerprint density at radius 3 is 2.55 bits per heavy atom. The molecule has 164 valence electrons. The normalized spacial score (nSPS) is 10.3. The fraction of sp³-hybridized carbons (Fsp3) is 0.190. The smallest absolute Gasteiger partial charge is 0.411 e. The van der Waals surface area contributed by atoms with Crippen molar-refractivity contribution in [3.05, 3.63) is 82.1 Å². The molecule has 3 aromatic rings. The van der Waals surface area contributed by atoms with Crippen molar-refractivity contribution >= 4 is 24.2 Å². The van der Waals surface area contributed by atoms with Gasteiger partial charge in [-0.1, -0.05) is 12.1 Å². The van der Waals surface area contributed by atoms with Crippen LogP contribution in [0, 0.1) is 11.6 Å². The second-order valence-corrected chi connectivity index (χ2v) is 6.44. The second kappa shape index (κ2) is 11.2. The van der Waals surface area contributed by atoms with E-state index in [9.17, 15) is 18.4 Å². The summed E-state index contributed by atoms with van der Waals surface area (Å²) in [6.07, 6.45) is -0.590. The number of hydrogen-bond acceptors (Lipinski definition) is 5.